The van der Waals surface area contributed by atoms with E-state index >= 15 is 0 Å². The summed E-state index contributed by atoms with van der Waals surface area (Å²) in [5, 5.41) is 0. The molecule has 0 radical (unpaired) electrons. The largest absolute Gasteiger partial charge is 0.0839 e. The van der Waals surface area contributed by atoms with Gasteiger partial charge in [0.15, 0.2) is 0 Å². The molecule has 0 aromatic heterocycles. The second-order valence-electron chi connectivity index (χ2n) is 5.52. The first-order valence-corrected chi connectivity index (χ1v) is 7.41. The average Bonchev–Trinajstić information content (AvgIpc) is 2.17. The highest BCUT2D eigenvalue weighted by Crippen LogP contribution is 2.37. The van der Waals surface area contributed by atoms with E-state index in [1.54, 1.807) is 0 Å². The normalized spacial score (nSPS) is 15.9. The van der Waals surface area contributed by atoms with Crippen LogP contribution in [0.2, 0.25) is 0 Å². The average molecular weight is 348 g/mol. The fraction of sp³-hybridized carbons (Fsp3) is 0.571. The molecule has 1 aromatic rings. The van der Waals surface area contributed by atoms with Crippen molar-refractivity contribution in [3.05, 3.63) is 34.3 Å². The van der Waals surface area contributed by atoms with E-state index in [-0.39, 0.29) is 0 Å². The van der Waals surface area contributed by atoms with Gasteiger partial charge in [-0.25, -0.2) is 0 Å². The summed E-state index contributed by atoms with van der Waals surface area (Å²) in [6, 6.07) is 8.56. The van der Waals surface area contributed by atoms with Crippen LogP contribution in [0.3, 0.4) is 0 Å². The Bertz CT molecular complexity index is 322. The summed E-state index contributed by atoms with van der Waals surface area (Å²) in [6.45, 7) is 9.24. The van der Waals surface area contributed by atoms with E-state index in [1.807, 2.05) is 0 Å². The summed E-state index contributed by atoms with van der Waals surface area (Å²) >= 11 is 7.25. The Balaban J connectivity index is 2.65. The first kappa shape index (κ1) is 14.2. The number of benzene rings is 1. The van der Waals surface area contributed by atoms with Gasteiger partial charge in [0.05, 0.1) is 0 Å². The van der Waals surface area contributed by atoms with Crippen molar-refractivity contribution in [3.8, 4) is 0 Å². The van der Waals surface area contributed by atoms with Crippen LogP contribution >= 0.6 is 31.9 Å². The third-order valence-electron chi connectivity index (χ3n) is 3.27. The van der Waals surface area contributed by atoms with Crippen molar-refractivity contribution in [1.29, 1.82) is 0 Å². The van der Waals surface area contributed by atoms with Crippen molar-refractivity contribution in [2.75, 3.05) is 0 Å². The number of halogens is 2. The van der Waals surface area contributed by atoms with Crippen molar-refractivity contribution >= 4 is 31.9 Å². The van der Waals surface area contributed by atoms with E-state index < -0.39 is 0 Å². The molecule has 0 nitrogen and oxygen atoms in total. The van der Waals surface area contributed by atoms with Crippen molar-refractivity contribution in [3.63, 3.8) is 0 Å². The minimum atomic E-state index is 0.376. The Kier molecular flexibility index (Phi) is 5.06. The molecule has 0 saturated heterocycles. The first-order valence-electron chi connectivity index (χ1n) is 5.70. The van der Waals surface area contributed by atoms with Crippen molar-refractivity contribution in [1.82, 2.24) is 0 Å². The third kappa shape index (κ3) is 4.21. The summed E-state index contributed by atoms with van der Waals surface area (Å²) < 4.78 is 1.14. The number of hydrogen-bond acceptors (Lipinski definition) is 0. The fourth-order valence-electron chi connectivity index (χ4n) is 1.47. The van der Waals surface area contributed by atoms with E-state index in [0.717, 1.165) is 4.47 Å². The molecule has 0 heterocycles. The van der Waals surface area contributed by atoms with Crippen LogP contribution in [0, 0.1) is 11.3 Å². The highest BCUT2D eigenvalue weighted by molar-refractivity contribution is 9.10. The minimum absolute atomic E-state index is 0.376. The molecule has 90 valence electrons. The molecule has 0 N–H and O–H groups in total. The van der Waals surface area contributed by atoms with Crippen LogP contribution < -0.4 is 0 Å². The number of hydrogen-bond donors (Lipinski definition) is 0. The lowest BCUT2D eigenvalue weighted by Crippen LogP contribution is -2.18. The Morgan fingerprint density at radius 3 is 2.06 bits per heavy atom. The van der Waals surface area contributed by atoms with E-state index in [4.69, 9.17) is 0 Å². The van der Waals surface area contributed by atoms with Crippen LogP contribution in [0.5, 0.6) is 0 Å². The molecule has 16 heavy (non-hydrogen) atoms. The van der Waals surface area contributed by atoms with Gasteiger partial charge in [-0.15, -0.1) is 0 Å². The molecular formula is C14H20Br2. The zero-order chi connectivity index (χ0) is 12.3. The topological polar surface area (TPSA) is 0 Å². The molecule has 2 heteroatoms. The highest BCUT2D eigenvalue weighted by Gasteiger charge is 2.23. The number of rotatable bonds is 3. The van der Waals surface area contributed by atoms with Crippen LogP contribution in [0.15, 0.2) is 28.7 Å². The smallest absolute Gasteiger partial charge is 0.0398 e. The predicted octanol–water partition coefficient (Wildman–Crippen LogP) is 5.96. The van der Waals surface area contributed by atoms with Gasteiger partial charge in [-0.2, -0.15) is 0 Å². The molecule has 2 atom stereocenters. The summed E-state index contributed by atoms with van der Waals surface area (Å²) in [6.07, 6.45) is 1.17. The first-order chi connectivity index (χ1) is 7.30. The van der Waals surface area contributed by atoms with E-state index in [9.17, 15) is 0 Å². The third-order valence-corrected chi connectivity index (χ3v) is 4.70. The van der Waals surface area contributed by atoms with Crippen molar-refractivity contribution in [2.45, 2.75) is 38.9 Å². The Labute approximate surface area is 116 Å². The van der Waals surface area contributed by atoms with Gasteiger partial charge in [0, 0.05) is 9.30 Å². The molecule has 2 unspecified atom stereocenters. The van der Waals surface area contributed by atoms with E-state index in [2.05, 4.69) is 83.8 Å². The summed E-state index contributed by atoms with van der Waals surface area (Å²) in [5.41, 5.74) is 1.74. The predicted molar refractivity (Wildman–Crippen MR) is 79.0 cm³/mol. The Hall–Kier alpha value is 0.180. The monoisotopic (exact) mass is 346 g/mol. The Morgan fingerprint density at radius 1 is 1.12 bits per heavy atom. The standard InChI is InChI=1S/C14H20Br2/c1-10(14(2,3)4)9-13(16)11-5-7-12(15)8-6-11/h5-8,10,13H,9H2,1-4H3. The van der Waals surface area contributed by atoms with Crippen LogP contribution in [-0.2, 0) is 0 Å². The van der Waals surface area contributed by atoms with Gasteiger partial charge in [0.2, 0.25) is 0 Å². The SMILES string of the molecule is CC(CC(Br)c1ccc(Br)cc1)C(C)(C)C. The maximum Gasteiger partial charge on any atom is 0.0398 e. The zero-order valence-electron chi connectivity index (χ0n) is 10.4. The lowest BCUT2D eigenvalue weighted by atomic mass is 9.79. The van der Waals surface area contributed by atoms with Gasteiger partial charge in [-0.1, -0.05) is 71.7 Å². The summed E-state index contributed by atoms with van der Waals surface area (Å²) in [5.74, 6) is 0.695. The fourth-order valence-corrected chi connectivity index (χ4v) is 2.60. The lowest BCUT2D eigenvalue weighted by Gasteiger charge is -2.29. The highest BCUT2D eigenvalue weighted by atomic mass is 79.9. The molecule has 0 aliphatic rings. The molecule has 0 aliphatic heterocycles. The van der Waals surface area contributed by atoms with E-state index in [1.165, 1.54) is 12.0 Å². The van der Waals surface area contributed by atoms with Crippen molar-refractivity contribution in [2.24, 2.45) is 11.3 Å². The maximum atomic E-state index is 3.79. The molecule has 0 spiro atoms. The second kappa shape index (κ2) is 5.68. The summed E-state index contributed by atoms with van der Waals surface area (Å²) in [7, 11) is 0. The molecule has 0 aliphatic carbocycles. The molecule has 0 bridgehead atoms. The molecule has 1 rings (SSSR count). The molecule has 0 fully saturated rings. The van der Waals surface area contributed by atoms with Gasteiger partial charge < -0.3 is 0 Å². The van der Waals surface area contributed by atoms with Crippen LogP contribution in [0.1, 0.15) is 44.5 Å². The van der Waals surface area contributed by atoms with Gasteiger partial charge in [-0.05, 0) is 35.4 Å². The molecule has 1 aromatic carbocycles. The number of alkyl halides is 1. The van der Waals surface area contributed by atoms with Crippen LogP contribution in [0.25, 0.3) is 0 Å². The zero-order valence-corrected chi connectivity index (χ0v) is 13.6. The Morgan fingerprint density at radius 2 is 1.62 bits per heavy atom. The minimum Gasteiger partial charge on any atom is -0.0839 e. The molecule has 0 saturated carbocycles. The summed E-state index contributed by atoms with van der Waals surface area (Å²) in [4.78, 5) is 0.454. The maximum absolute atomic E-state index is 3.79. The van der Waals surface area contributed by atoms with Gasteiger partial charge in [-0.3, -0.25) is 0 Å². The van der Waals surface area contributed by atoms with Crippen molar-refractivity contribution < 1.29 is 0 Å². The quantitative estimate of drug-likeness (QED) is 0.592. The van der Waals surface area contributed by atoms with E-state index in [0.29, 0.717) is 16.2 Å². The molecule has 0 amide bonds. The lowest BCUT2D eigenvalue weighted by molar-refractivity contribution is 0.246. The second-order valence-corrected chi connectivity index (χ2v) is 7.54. The van der Waals surface area contributed by atoms with Gasteiger partial charge in [0.25, 0.3) is 0 Å². The van der Waals surface area contributed by atoms with Crippen LogP contribution in [-0.4, -0.2) is 0 Å². The van der Waals surface area contributed by atoms with Crippen LogP contribution in [0.4, 0.5) is 0 Å². The van der Waals surface area contributed by atoms with Gasteiger partial charge >= 0.3 is 0 Å². The molecular weight excluding hydrogens is 328 g/mol. The van der Waals surface area contributed by atoms with Gasteiger partial charge in [0.1, 0.15) is 0 Å².